The van der Waals surface area contributed by atoms with Crippen LogP contribution in [0.3, 0.4) is 0 Å². The van der Waals surface area contributed by atoms with Crippen LogP contribution < -0.4 is 0 Å². The van der Waals surface area contributed by atoms with Crippen LogP contribution in [0.5, 0.6) is 0 Å². The molecule has 0 saturated heterocycles. The number of sulfone groups is 1. The number of nitrogens with zero attached hydrogens (tertiary/aromatic N) is 1. The Morgan fingerprint density at radius 2 is 1.72 bits per heavy atom. The molecule has 0 heterocycles. The Balaban J connectivity index is 2.12. The Morgan fingerprint density at radius 3 is 2.20 bits per heavy atom. The van der Waals surface area contributed by atoms with E-state index in [9.17, 15) is 23.6 Å². The molecule has 1 fully saturated rings. The Labute approximate surface area is 154 Å². The predicted molar refractivity (Wildman–Crippen MR) is 94.7 cm³/mol. The molecule has 0 radical (unpaired) electrons. The van der Waals surface area contributed by atoms with E-state index in [-0.39, 0.29) is 4.90 Å². The normalized spacial score (nSPS) is 25.2. The summed E-state index contributed by atoms with van der Waals surface area (Å²) in [6.07, 6.45) is 0. The van der Waals surface area contributed by atoms with E-state index in [1.807, 2.05) is 6.92 Å². The maximum absolute atomic E-state index is 13.0. The van der Waals surface area contributed by atoms with E-state index in [4.69, 9.17) is 0 Å². The summed E-state index contributed by atoms with van der Waals surface area (Å²) < 4.78 is 26.8. The molecule has 7 heteroatoms. The summed E-state index contributed by atoms with van der Waals surface area (Å²) >= 11 is 3.29. The molecule has 0 unspecified atom stereocenters. The zero-order valence-corrected chi connectivity index (χ0v) is 15.6. The van der Waals surface area contributed by atoms with Crippen molar-refractivity contribution in [2.75, 3.05) is 0 Å². The van der Waals surface area contributed by atoms with Gasteiger partial charge in [0.1, 0.15) is 5.25 Å². The first kappa shape index (κ1) is 17.6. The van der Waals surface area contributed by atoms with Crippen molar-refractivity contribution >= 4 is 31.7 Å². The molecule has 0 bridgehead atoms. The van der Waals surface area contributed by atoms with Crippen LogP contribution in [-0.4, -0.2) is 24.7 Å². The molecule has 2 aromatic rings. The van der Waals surface area contributed by atoms with Crippen LogP contribution in [0.25, 0.3) is 0 Å². The lowest BCUT2D eigenvalue weighted by molar-refractivity contribution is -0.141. The van der Waals surface area contributed by atoms with Crippen LogP contribution in [0.15, 0.2) is 57.9 Å². The lowest BCUT2D eigenvalue weighted by atomic mass is 10.0. The van der Waals surface area contributed by atoms with Crippen LogP contribution >= 0.6 is 15.9 Å². The van der Waals surface area contributed by atoms with Gasteiger partial charge in [0.25, 0.3) is 0 Å². The van der Waals surface area contributed by atoms with Gasteiger partial charge in [-0.25, -0.2) is 8.42 Å². The minimum atomic E-state index is -3.97. The third-order valence-corrected chi connectivity index (χ3v) is 7.36. The van der Waals surface area contributed by atoms with Crippen LogP contribution in [-0.2, 0) is 14.6 Å². The Morgan fingerprint density at radius 1 is 1.16 bits per heavy atom. The van der Waals surface area contributed by atoms with E-state index in [0.29, 0.717) is 5.56 Å². The van der Waals surface area contributed by atoms with Crippen molar-refractivity contribution in [3.63, 3.8) is 0 Å². The van der Waals surface area contributed by atoms with Gasteiger partial charge >= 0.3 is 5.97 Å². The maximum atomic E-state index is 13.0. The number of aliphatic carboxylic acids is 1. The quantitative estimate of drug-likeness (QED) is 0.819. The van der Waals surface area contributed by atoms with E-state index in [1.54, 1.807) is 42.5 Å². The summed E-state index contributed by atoms with van der Waals surface area (Å²) in [5.41, 5.74) is -0.561. The second-order valence-corrected chi connectivity index (χ2v) is 9.08. The third-order valence-electron chi connectivity index (χ3n) is 4.58. The first-order valence-electron chi connectivity index (χ1n) is 7.46. The lowest BCUT2D eigenvalue weighted by Crippen LogP contribution is -2.22. The number of hydrogen-bond acceptors (Lipinski definition) is 4. The van der Waals surface area contributed by atoms with Gasteiger partial charge in [-0.05, 0) is 36.8 Å². The molecule has 1 saturated carbocycles. The molecule has 1 aliphatic carbocycles. The van der Waals surface area contributed by atoms with Crippen molar-refractivity contribution in [1.82, 2.24) is 0 Å². The van der Waals surface area contributed by atoms with Crippen molar-refractivity contribution in [3.8, 4) is 6.07 Å². The number of nitriles is 1. The molecule has 0 aliphatic heterocycles. The van der Waals surface area contributed by atoms with Crippen molar-refractivity contribution in [3.05, 3.63) is 64.1 Å². The summed E-state index contributed by atoms with van der Waals surface area (Å²) in [5.74, 6) is -2.32. The van der Waals surface area contributed by atoms with E-state index < -0.39 is 32.4 Å². The Hall–Kier alpha value is -2.17. The zero-order valence-electron chi connectivity index (χ0n) is 13.2. The molecule has 25 heavy (non-hydrogen) atoms. The van der Waals surface area contributed by atoms with Gasteiger partial charge in [-0.3, -0.25) is 4.79 Å². The monoisotopic (exact) mass is 419 g/mol. The Bertz CT molecular complexity index is 977. The van der Waals surface area contributed by atoms with Crippen LogP contribution in [0.4, 0.5) is 0 Å². The van der Waals surface area contributed by atoms with Gasteiger partial charge in [-0.15, -0.1) is 0 Å². The number of benzene rings is 2. The molecule has 3 atom stereocenters. The van der Waals surface area contributed by atoms with Crippen molar-refractivity contribution in [2.45, 2.75) is 23.0 Å². The van der Waals surface area contributed by atoms with Gasteiger partial charge in [0.05, 0.1) is 11.0 Å². The highest BCUT2D eigenvalue weighted by atomic mass is 79.9. The van der Waals surface area contributed by atoms with Crippen LogP contribution in [0.1, 0.15) is 17.0 Å². The molecule has 1 aliphatic rings. The minimum Gasteiger partial charge on any atom is -0.480 e. The molecule has 3 rings (SSSR count). The average Bonchev–Trinajstić information content (AvgIpc) is 3.27. The lowest BCUT2D eigenvalue weighted by Gasteiger charge is -2.05. The molecular weight excluding hydrogens is 406 g/mol. The van der Waals surface area contributed by atoms with E-state index >= 15 is 0 Å². The smallest absolute Gasteiger partial charge is 0.326 e. The fourth-order valence-corrected chi connectivity index (χ4v) is 5.71. The van der Waals surface area contributed by atoms with Crippen LogP contribution in [0, 0.1) is 23.7 Å². The van der Waals surface area contributed by atoms with Gasteiger partial charge in [0.2, 0.25) is 0 Å². The fourth-order valence-electron chi connectivity index (χ4n) is 3.20. The molecule has 2 aromatic carbocycles. The first-order valence-corrected chi connectivity index (χ1v) is 9.79. The SMILES string of the molecule is Cc1ccc(S(=O)(=O)[C@@H]2[C@H](c3ccc(Br)cc3)[C@@]2(C#N)C(=O)O)cc1. The minimum absolute atomic E-state index is 0.0311. The number of aryl methyl sites for hydroxylation is 1. The van der Waals surface area contributed by atoms with Gasteiger partial charge in [-0.1, -0.05) is 45.8 Å². The standard InChI is InChI=1S/C18H14BrNO4S/c1-11-2-8-14(9-3-11)25(23,24)16-15(18(16,10-20)17(21)22)12-4-6-13(19)7-5-12/h2-9,15-16H,1H3,(H,21,22)/t15-,16+,18+/m0/s1. The van der Waals surface area contributed by atoms with Crippen molar-refractivity contribution in [2.24, 2.45) is 5.41 Å². The summed E-state index contributed by atoms with van der Waals surface area (Å²) in [7, 11) is -3.97. The highest BCUT2D eigenvalue weighted by molar-refractivity contribution is 9.10. The number of hydrogen-bond donors (Lipinski definition) is 1. The van der Waals surface area contributed by atoms with Gasteiger partial charge in [0, 0.05) is 10.4 Å². The van der Waals surface area contributed by atoms with E-state index in [2.05, 4.69) is 15.9 Å². The number of carbonyl (C=O) groups is 1. The molecule has 0 spiro atoms. The number of carboxylic acids is 1. The van der Waals surface area contributed by atoms with Crippen molar-refractivity contribution in [1.29, 1.82) is 5.26 Å². The average molecular weight is 420 g/mol. The van der Waals surface area contributed by atoms with E-state index in [1.165, 1.54) is 12.1 Å². The molecule has 5 nitrogen and oxygen atoms in total. The van der Waals surface area contributed by atoms with Crippen molar-refractivity contribution < 1.29 is 18.3 Å². The molecule has 0 aromatic heterocycles. The van der Waals surface area contributed by atoms with Gasteiger partial charge in [0.15, 0.2) is 15.3 Å². The predicted octanol–water partition coefficient (Wildman–Crippen LogP) is 3.29. The maximum Gasteiger partial charge on any atom is 0.326 e. The highest BCUT2D eigenvalue weighted by Crippen LogP contribution is 2.64. The number of carboxylic acid groups (broad SMARTS) is 1. The number of halogens is 1. The number of rotatable bonds is 4. The topological polar surface area (TPSA) is 95.2 Å². The molecule has 0 amide bonds. The third kappa shape index (κ3) is 2.66. The van der Waals surface area contributed by atoms with Gasteiger partial charge in [-0.2, -0.15) is 5.26 Å². The molecule has 1 N–H and O–H groups in total. The summed E-state index contributed by atoms with van der Waals surface area (Å²) in [4.78, 5) is 11.8. The second-order valence-electron chi connectivity index (χ2n) is 6.09. The zero-order chi connectivity index (χ0) is 18.4. The highest BCUT2D eigenvalue weighted by Gasteiger charge is 2.77. The van der Waals surface area contributed by atoms with E-state index in [0.717, 1.165) is 10.0 Å². The van der Waals surface area contributed by atoms with Crippen LogP contribution in [0.2, 0.25) is 0 Å². The summed E-state index contributed by atoms with van der Waals surface area (Å²) in [6, 6.07) is 14.7. The first-order chi connectivity index (χ1) is 11.7. The second kappa shape index (κ2) is 5.97. The van der Waals surface area contributed by atoms with Gasteiger partial charge < -0.3 is 5.11 Å². The Kier molecular flexibility index (Phi) is 4.21. The fraction of sp³-hybridized carbons (Fsp3) is 0.222. The summed E-state index contributed by atoms with van der Waals surface area (Å²) in [6.45, 7) is 1.83. The molecule has 128 valence electrons. The molecular formula is C18H14BrNO4S. The summed E-state index contributed by atoms with van der Waals surface area (Å²) in [5, 5.41) is 17.8. The largest absolute Gasteiger partial charge is 0.480 e.